The summed E-state index contributed by atoms with van der Waals surface area (Å²) >= 11 is 18.4. The first kappa shape index (κ1) is 21.8. The first-order valence-corrected chi connectivity index (χ1v) is 9.96. The maximum absolute atomic E-state index is 12.5. The van der Waals surface area contributed by atoms with Gasteiger partial charge in [0.25, 0.3) is 0 Å². The smallest absolute Gasteiger partial charge is 0.345 e. The molecule has 0 aliphatic carbocycles. The molecular formula is C22H15Cl3N2O3. The van der Waals surface area contributed by atoms with E-state index in [1.54, 1.807) is 55.5 Å². The third-order valence-electron chi connectivity index (χ3n) is 3.99. The Morgan fingerprint density at radius 1 is 1.17 bits per heavy atom. The second-order valence-electron chi connectivity index (χ2n) is 6.02. The van der Waals surface area contributed by atoms with E-state index in [4.69, 9.17) is 44.0 Å². The zero-order valence-corrected chi connectivity index (χ0v) is 18.0. The molecule has 30 heavy (non-hydrogen) atoms. The van der Waals surface area contributed by atoms with Crippen molar-refractivity contribution in [3.63, 3.8) is 0 Å². The molecular weight excluding hydrogens is 447 g/mol. The molecule has 0 atom stereocenters. The van der Waals surface area contributed by atoms with E-state index in [0.717, 1.165) is 0 Å². The Hall–Kier alpha value is -2.91. The molecule has 8 heteroatoms. The van der Waals surface area contributed by atoms with Gasteiger partial charge in [0, 0.05) is 21.8 Å². The predicted octanol–water partition coefficient (Wildman–Crippen LogP) is 7.22. The molecule has 0 amide bonds. The molecule has 0 saturated carbocycles. The summed E-state index contributed by atoms with van der Waals surface area (Å²) in [5, 5.41) is 13.6. The number of halogens is 3. The van der Waals surface area contributed by atoms with Gasteiger partial charge in [0.2, 0.25) is 5.88 Å². The number of anilines is 2. The lowest BCUT2D eigenvalue weighted by atomic mass is 10.1. The van der Waals surface area contributed by atoms with Gasteiger partial charge in [0.1, 0.15) is 16.3 Å². The molecule has 1 N–H and O–H groups in total. The highest BCUT2D eigenvalue weighted by molar-refractivity contribution is 6.36. The molecule has 0 fully saturated rings. The average molecular weight is 462 g/mol. The highest BCUT2D eigenvalue weighted by atomic mass is 35.5. The van der Waals surface area contributed by atoms with Gasteiger partial charge in [-0.25, -0.2) is 4.79 Å². The Morgan fingerprint density at radius 2 is 1.90 bits per heavy atom. The van der Waals surface area contributed by atoms with Gasteiger partial charge in [-0.2, -0.15) is 5.26 Å². The van der Waals surface area contributed by atoms with E-state index < -0.39 is 5.97 Å². The molecule has 5 nitrogen and oxygen atoms in total. The third-order valence-corrected chi connectivity index (χ3v) is 4.85. The van der Waals surface area contributed by atoms with E-state index in [1.165, 1.54) is 6.08 Å². The second kappa shape index (κ2) is 9.73. The van der Waals surface area contributed by atoms with Crippen LogP contribution in [0.5, 0.6) is 0 Å². The van der Waals surface area contributed by atoms with Crippen LogP contribution in [-0.2, 0) is 4.74 Å². The molecule has 2 aromatic carbocycles. The lowest BCUT2D eigenvalue weighted by Crippen LogP contribution is -2.06. The number of nitrogens with zero attached hydrogens (tertiary/aromatic N) is 1. The van der Waals surface area contributed by atoms with E-state index in [1.807, 2.05) is 0 Å². The summed E-state index contributed by atoms with van der Waals surface area (Å²) in [6, 6.07) is 15.7. The van der Waals surface area contributed by atoms with Crippen LogP contribution in [0.25, 0.3) is 11.6 Å². The molecule has 1 heterocycles. The van der Waals surface area contributed by atoms with Gasteiger partial charge in [-0.15, -0.1) is 0 Å². The maximum atomic E-state index is 12.5. The van der Waals surface area contributed by atoms with Gasteiger partial charge in [0.15, 0.2) is 0 Å². The summed E-state index contributed by atoms with van der Waals surface area (Å²) in [5.74, 6) is -0.434. The number of benzene rings is 2. The number of esters is 1. The molecule has 0 spiro atoms. The van der Waals surface area contributed by atoms with Crippen molar-refractivity contribution in [2.45, 2.75) is 6.92 Å². The van der Waals surface area contributed by atoms with Gasteiger partial charge in [-0.05, 0) is 42.8 Å². The molecule has 0 aliphatic heterocycles. The normalized spacial score (nSPS) is 11.1. The lowest BCUT2D eigenvalue weighted by molar-refractivity contribution is 0.0527. The van der Waals surface area contributed by atoms with E-state index in [-0.39, 0.29) is 34.4 Å². The number of allylic oxidation sites excluding steroid dienone is 1. The summed E-state index contributed by atoms with van der Waals surface area (Å²) in [4.78, 5) is 12.5. The standard InChI is InChI=1S/C22H15Cl3N2O3/c1-2-29-22(28)19-20(25)18(10-14(12-26)13-6-8-15(23)9-7-13)30-21(19)27-17-5-3-4-16(24)11-17/h3-11,27H,2H2,1H3/b14-10+. The summed E-state index contributed by atoms with van der Waals surface area (Å²) in [5.41, 5.74) is 1.52. The molecule has 0 bridgehead atoms. The fourth-order valence-electron chi connectivity index (χ4n) is 2.63. The highest BCUT2D eigenvalue weighted by Crippen LogP contribution is 2.37. The van der Waals surface area contributed by atoms with Gasteiger partial charge in [-0.3, -0.25) is 0 Å². The SMILES string of the molecule is CCOC(=O)c1c(Nc2cccc(Cl)c2)oc(/C=C(\C#N)c2ccc(Cl)cc2)c1Cl. The van der Waals surface area contributed by atoms with Gasteiger partial charge >= 0.3 is 5.97 Å². The van der Waals surface area contributed by atoms with Crippen LogP contribution in [0.2, 0.25) is 15.1 Å². The Kier molecular flexibility index (Phi) is 7.07. The lowest BCUT2D eigenvalue weighted by Gasteiger charge is -2.06. The van der Waals surface area contributed by atoms with Crippen LogP contribution in [0.1, 0.15) is 28.6 Å². The molecule has 1 aromatic heterocycles. The highest BCUT2D eigenvalue weighted by Gasteiger charge is 2.26. The van der Waals surface area contributed by atoms with Crippen LogP contribution in [0.15, 0.2) is 52.9 Å². The quantitative estimate of drug-likeness (QED) is 0.310. The van der Waals surface area contributed by atoms with Crippen LogP contribution in [-0.4, -0.2) is 12.6 Å². The van der Waals surface area contributed by atoms with Crippen LogP contribution in [0.4, 0.5) is 11.6 Å². The largest absolute Gasteiger partial charge is 0.462 e. The molecule has 152 valence electrons. The minimum absolute atomic E-state index is 0.0261. The number of carbonyl (C=O) groups is 1. The first-order chi connectivity index (χ1) is 14.4. The molecule has 0 radical (unpaired) electrons. The van der Waals surface area contributed by atoms with Crippen LogP contribution in [0, 0.1) is 11.3 Å². The van der Waals surface area contributed by atoms with E-state index in [9.17, 15) is 10.1 Å². The minimum atomic E-state index is -0.652. The summed E-state index contributed by atoms with van der Waals surface area (Å²) in [6.07, 6.45) is 1.46. The maximum Gasteiger partial charge on any atom is 0.345 e. The number of furan rings is 1. The fourth-order valence-corrected chi connectivity index (χ4v) is 3.21. The number of hydrogen-bond acceptors (Lipinski definition) is 5. The Bertz CT molecular complexity index is 1150. The average Bonchev–Trinajstić information content (AvgIpc) is 3.02. The van der Waals surface area contributed by atoms with E-state index in [2.05, 4.69) is 11.4 Å². The predicted molar refractivity (Wildman–Crippen MR) is 119 cm³/mol. The number of rotatable bonds is 6. The second-order valence-corrected chi connectivity index (χ2v) is 7.27. The van der Waals surface area contributed by atoms with E-state index in [0.29, 0.717) is 21.3 Å². The molecule has 0 aliphatic rings. The summed E-state index contributed by atoms with van der Waals surface area (Å²) in [6.45, 7) is 1.85. The number of ether oxygens (including phenoxy) is 1. The molecule has 0 unspecified atom stereocenters. The Balaban J connectivity index is 2.07. The van der Waals surface area contributed by atoms with Gasteiger partial charge in [0.05, 0.1) is 18.2 Å². The van der Waals surface area contributed by atoms with Crippen molar-refractivity contribution in [2.75, 3.05) is 11.9 Å². The van der Waals surface area contributed by atoms with Crippen LogP contribution < -0.4 is 5.32 Å². The third kappa shape index (κ3) is 4.98. The molecule has 0 saturated heterocycles. The summed E-state index contributed by atoms with van der Waals surface area (Å²) < 4.78 is 10.9. The minimum Gasteiger partial charge on any atom is -0.462 e. The Labute approximate surface area is 188 Å². The van der Waals surface area contributed by atoms with Gasteiger partial charge in [-0.1, -0.05) is 53.0 Å². The first-order valence-electron chi connectivity index (χ1n) is 8.82. The number of nitrogens with one attached hydrogen (secondary N) is 1. The molecule has 3 aromatic rings. The van der Waals surface area contributed by atoms with Crippen molar-refractivity contribution in [3.8, 4) is 6.07 Å². The number of nitriles is 1. The van der Waals surface area contributed by atoms with Gasteiger partial charge < -0.3 is 14.5 Å². The zero-order valence-electron chi connectivity index (χ0n) is 15.7. The van der Waals surface area contributed by atoms with E-state index >= 15 is 0 Å². The van der Waals surface area contributed by atoms with Crippen LogP contribution >= 0.6 is 34.8 Å². The number of hydrogen-bond donors (Lipinski definition) is 1. The topological polar surface area (TPSA) is 75.3 Å². The van der Waals surface area contributed by atoms with Crippen molar-refractivity contribution >= 4 is 64.0 Å². The monoisotopic (exact) mass is 460 g/mol. The van der Waals surface area contributed by atoms with Crippen molar-refractivity contribution in [1.82, 2.24) is 0 Å². The number of carbonyl (C=O) groups excluding carboxylic acids is 1. The summed E-state index contributed by atoms with van der Waals surface area (Å²) in [7, 11) is 0. The Morgan fingerprint density at radius 3 is 2.53 bits per heavy atom. The molecule has 3 rings (SSSR count). The van der Waals surface area contributed by atoms with Crippen molar-refractivity contribution in [3.05, 3.63) is 80.5 Å². The zero-order chi connectivity index (χ0) is 21.7. The van der Waals surface area contributed by atoms with Crippen molar-refractivity contribution in [2.24, 2.45) is 0 Å². The fraction of sp³-hybridized carbons (Fsp3) is 0.0909. The van der Waals surface area contributed by atoms with Crippen LogP contribution in [0.3, 0.4) is 0 Å². The van der Waals surface area contributed by atoms with Crippen molar-refractivity contribution in [1.29, 1.82) is 5.26 Å². The van der Waals surface area contributed by atoms with Crippen molar-refractivity contribution < 1.29 is 13.9 Å².